The summed E-state index contributed by atoms with van der Waals surface area (Å²) in [6.07, 6.45) is 0. The van der Waals surface area contributed by atoms with Gasteiger partial charge in [0.1, 0.15) is 0 Å². The minimum Gasteiger partial charge on any atom is -0.399 e. The molecule has 0 fully saturated rings. The minimum atomic E-state index is -0.167. The number of aromatic nitrogens is 1. The number of hydrogen-bond acceptors (Lipinski definition) is 2. The van der Waals surface area contributed by atoms with Crippen LogP contribution < -0.4 is 11.3 Å². The molecule has 0 saturated carbocycles. The largest absolute Gasteiger partial charge is 0.399 e. The van der Waals surface area contributed by atoms with Crippen LogP contribution in [0.2, 0.25) is 5.02 Å². The molecule has 2 aromatic carbocycles. The van der Waals surface area contributed by atoms with Gasteiger partial charge >= 0.3 is 0 Å². The first kappa shape index (κ1) is 11.8. The van der Waals surface area contributed by atoms with Crippen LogP contribution in [0.15, 0.2) is 53.3 Å². The van der Waals surface area contributed by atoms with E-state index in [4.69, 9.17) is 17.3 Å². The molecular formula is C15H11ClN2O. The molecule has 4 heteroatoms. The quantitative estimate of drug-likeness (QED) is 0.666. The molecule has 0 amide bonds. The summed E-state index contributed by atoms with van der Waals surface area (Å²) in [6.45, 7) is 0. The predicted octanol–water partition coefficient (Wildman–Crippen LogP) is 3.43. The highest BCUT2D eigenvalue weighted by Gasteiger charge is 2.08. The van der Waals surface area contributed by atoms with Crippen molar-refractivity contribution in [2.24, 2.45) is 0 Å². The van der Waals surface area contributed by atoms with Gasteiger partial charge in [0.15, 0.2) is 0 Å². The van der Waals surface area contributed by atoms with E-state index in [1.807, 2.05) is 36.4 Å². The van der Waals surface area contributed by atoms with E-state index < -0.39 is 0 Å². The third-order valence-electron chi connectivity index (χ3n) is 3.03. The van der Waals surface area contributed by atoms with Gasteiger partial charge in [-0.05, 0) is 29.1 Å². The van der Waals surface area contributed by atoms with E-state index in [9.17, 15) is 4.79 Å². The van der Waals surface area contributed by atoms with Crippen LogP contribution in [-0.4, -0.2) is 4.98 Å². The lowest BCUT2D eigenvalue weighted by molar-refractivity contribution is 1.31. The number of rotatable bonds is 1. The van der Waals surface area contributed by atoms with Gasteiger partial charge in [0, 0.05) is 17.3 Å². The first-order valence-electron chi connectivity index (χ1n) is 5.82. The Morgan fingerprint density at radius 2 is 1.84 bits per heavy atom. The maximum Gasteiger partial charge on any atom is 0.248 e. The van der Waals surface area contributed by atoms with Crippen molar-refractivity contribution in [1.82, 2.24) is 4.98 Å². The van der Waals surface area contributed by atoms with Crippen LogP contribution in [0.4, 0.5) is 5.69 Å². The number of hydrogen-bond donors (Lipinski definition) is 2. The molecule has 3 nitrogen and oxygen atoms in total. The van der Waals surface area contributed by atoms with Gasteiger partial charge in [0.2, 0.25) is 5.56 Å². The first-order chi connectivity index (χ1) is 9.15. The minimum absolute atomic E-state index is 0.167. The van der Waals surface area contributed by atoms with Crippen LogP contribution >= 0.6 is 11.6 Å². The smallest absolute Gasteiger partial charge is 0.248 e. The molecule has 1 heterocycles. The van der Waals surface area contributed by atoms with Crippen molar-refractivity contribution in [3.8, 4) is 11.1 Å². The van der Waals surface area contributed by atoms with E-state index in [0.29, 0.717) is 16.2 Å². The van der Waals surface area contributed by atoms with Crippen molar-refractivity contribution >= 4 is 28.2 Å². The average molecular weight is 271 g/mol. The molecule has 3 N–H and O–H groups in total. The Labute approximate surface area is 114 Å². The topological polar surface area (TPSA) is 58.9 Å². The van der Waals surface area contributed by atoms with Gasteiger partial charge in [-0.3, -0.25) is 4.79 Å². The van der Waals surface area contributed by atoms with E-state index in [1.54, 1.807) is 6.07 Å². The fraction of sp³-hybridized carbons (Fsp3) is 0. The van der Waals surface area contributed by atoms with Crippen LogP contribution in [0.3, 0.4) is 0 Å². The van der Waals surface area contributed by atoms with E-state index in [1.165, 1.54) is 6.07 Å². The highest BCUT2D eigenvalue weighted by Crippen LogP contribution is 2.33. The van der Waals surface area contributed by atoms with Gasteiger partial charge in [-0.1, -0.05) is 35.9 Å². The lowest BCUT2D eigenvalue weighted by atomic mass is 10.0. The molecule has 0 saturated heterocycles. The molecule has 3 rings (SSSR count). The molecule has 0 radical (unpaired) electrons. The number of nitrogens with two attached hydrogens (primary N) is 1. The molecule has 0 unspecified atom stereocenters. The highest BCUT2D eigenvalue weighted by atomic mass is 35.5. The van der Waals surface area contributed by atoms with E-state index in [-0.39, 0.29) is 5.56 Å². The zero-order valence-corrected chi connectivity index (χ0v) is 10.7. The molecule has 94 valence electrons. The molecule has 0 atom stereocenters. The third kappa shape index (κ3) is 2.09. The lowest BCUT2D eigenvalue weighted by Gasteiger charge is -2.08. The standard InChI is InChI=1S/C15H11ClN2O/c16-14-12(10-2-1-3-11(17)8-10)6-4-9-5-7-13(19)18-15(9)14/h1-8H,17H2,(H,18,19). The molecule has 0 bridgehead atoms. The highest BCUT2D eigenvalue weighted by molar-refractivity contribution is 6.37. The van der Waals surface area contributed by atoms with Crippen LogP contribution in [0, 0.1) is 0 Å². The second-order valence-electron chi connectivity index (χ2n) is 4.34. The summed E-state index contributed by atoms with van der Waals surface area (Å²) >= 11 is 6.39. The maximum atomic E-state index is 11.4. The summed E-state index contributed by atoms with van der Waals surface area (Å²) in [6, 6.07) is 14.6. The fourth-order valence-corrected chi connectivity index (χ4v) is 2.44. The number of aromatic amines is 1. The molecule has 1 aromatic heterocycles. The summed E-state index contributed by atoms with van der Waals surface area (Å²) in [5.74, 6) is 0. The number of nitrogens with one attached hydrogen (secondary N) is 1. The average Bonchev–Trinajstić information content (AvgIpc) is 2.40. The van der Waals surface area contributed by atoms with Crippen LogP contribution in [0.1, 0.15) is 0 Å². The normalized spacial score (nSPS) is 10.8. The number of anilines is 1. The Bertz CT molecular complexity index is 824. The van der Waals surface area contributed by atoms with Crippen LogP contribution in [0.25, 0.3) is 22.0 Å². The zero-order valence-electron chi connectivity index (χ0n) is 9.98. The predicted molar refractivity (Wildman–Crippen MR) is 79.4 cm³/mol. The van der Waals surface area contributed by atoms with Gasteiger partial charge in [0.05, 0.1) is 10.5 Å². The van der Waals surface area contributed by atoms with Crippen molar-refractivity contribution in [2.45, 2.75) is 0 Å². The Balaban J connectivity index is 2.31. The molecule has 0 aliphatic rings. The Kier molecular flexibility index (Phi) is 2.76. The van der Waals surface area contributed by atoms with Crippen molar-refractivity contribution in [2.75, 3.05) is 5.73 Å². The van der Waals surface area contributed by atoms with Gasteiger partial charge < -0.3 is 10.7 Å². The van der Waals surface area contributed by atoms with Crippen molar-refractivity contribution < 1.29 is 0 Å². The number of H-pyrrole nitrogens is 1. The van der Waals surface area contributed by atoms with Crippen molar-refractivity contribution in [3.05, 3.63) is 63.9 Å². The van der Waals surface area contributed by atoms with Gasteiger partial charge in [-0.2, -0.15) is 0 Å². The maximum absolute atomic E-state index is 11.4. The number of halogens is 1. The van der Waals surface area contributed by atoms with Gasteiger partial charge in [-0.25, -0.2) is 0 Å². The molecule has 0 aliphatic heterocycles. The lowest BCUT2D eigenvalue weighted by Crippen LogP contribution is -2.02. The summed E-state index contributed by atoms with van der Waals surface area (Å²) in [5, 5.41) is 1.43. The molecular weight excluding hydrogens is 260 g/mol. The Morgan fingerprint density at radius 3 is 2.63 bits per heavy atom. The number of pyridine rings is 1. The number of benzene rings is 2. The van der Waals surface area contributed by atoms with Crippen molar-refractivity contribution in [1.29, 1.82) is 0 Å². The number of fused-ring (bicyclic) bond motifs is 1. The number of nitrogen functional groups attached to an aromatic ring is 1. The molecule has 3 aromatic rings. The molecule has 19 heavy (non-hydrogen) atoms. The summed E-state index contributed by atoms with van der Waals surface area (Å²) in [4.78, 5) is 14.2. The van der Waals surface area contributed by atoms with Gasteiger partial charge in [-0.15, -0.1) is 0 Å². The monoisotopic (exact) mass is 270 g/mol. The SMILES string of the molecule is Nc1cccc(-c2ccc3ccc(=O)[nH]c3c2Cl)c1. The van der Waals surface area contributed by atoms with Crippen molar-refractivity contribution in [3.63, 3.8) is 0 Å². The second-order valence-corrected chi connectivity index (χ2v) is 4.72. The summed E-state index contributed by atoms with van der Waals surface area (Å²) in [5.41, 5.74) is 8.72. The summed E-state index contributed by atoms with van der Waals surface area (Å²) < 4.78 is 0. The molecule has 0 spiro atoms. The van der Waals surface area contributed by atoms with Crippen LogP contribution in [-0.2, 0) is 0 Å². The summed E-state index contributed by atoms with van der Waals surface area (Å²) in [7, 11) is 0. The van der Waals surface area contributed by atoms with Gasteiger partial charge in [0.25, 0.3) is 0 Å². The fourth-order valence-electron chi connectivity index (χ4n) is 2.12. The van der Waals surface area contributed by atoms with E-state index >= 15 is 0 Å². The third-order valence-corrected chi connectivity index (χ3v) is 3.43. The first-order valence-corrected chi connectivity index (χ1v) is 6.20. The van der Waals surface area contributed by atoms with E-state index in [0.717, 1.165) is 16.5 Å². The Hall–Kier alpha value is -2.26. The zero-order chi connectivity index (χ0) is 13.4. The molecule has 0 aliphatic carbocycles. The van der Waals surface area contributed by atoms with Crippen LogP contribution in [0.5, 0.6) is 0 Å². The van der Waals surface area contributed by atoms with E-state index in [2.05, 4.69) is 4.98 Å². The Morgan fingerprint density at radius 1 is 1.05 bits per heavy atom. The second kappa shape index (κ2) is 4.44.